The average Bonchev–Trinajstić information content (AvgIpc) is 3.01. The second-order valence-electron chi connectivity index (χ2n) is 7.66. The first-order valence-electron chi connectivity index (χ1n) is 7.53. The van der Waals surface area contributed by atoms with Crippen LogP contribution in [-0.2, 0) is 6.42 Å². The van der Waals surface area contributed by atoms with Gasteiger partial charge < -0.3 is 5.32 Å². The number of nitrogens with one attached hydrogen (secondary N) is 1. The summed E-state index contributed by atoms with van der Waals surface area (Å²) in [6.45, 7) is 14.6. The lowest BCUT2D eigenvalue weighted by molar-refractivity contribution is 0.356. The van der Waals surface area contributed by atoms with Gasteiger partial charge in [-0.25, -0.2) is 0 Å². The van der Waals surface area contributed by atoms with Crippen molar-refractivity contribution in [1.29, 1.82) is 0 Å². The molecule has 106 valence electrons. The van der Waals surface area contributed by atoms with Crippen molar-refractivity contribution in [2.45, 2.75) is 66.3 Å². The third kappa shape index (κ3) is 3.82. The van der Waals surface area contributed by atoms with E-state index in [0.29, 0.717) is 5.41 Å². The van der Waals surface area contributed by atoms with Gasteiger partial charge in [0.05, 0.1) is 0 Å². The molecule has 0 bridgehead atoms. The molecule has 0 unspecified atom stereocenters. The largest absolute Gasteiger partial charge is 0.312 e. The van der Waals surface area contributed by atoms with Crippen molar-refractivity contribution < 1.29 is 0 Å². The van der Waals surface area contributed by atoms with Gasteiger partial charge >= 0.3 is 0 Å². The normalized spacial score (nSPS) is 17.6. The summed E-state index contributed by atoms with van der Waals surface area (Å²) in [5, 5.41) is 3.70. The molecular formula is C18H29N. The van der Waals surface area contributed by atoms with Gasteiger partial charge in [-0.2, -0.15) is 0 Å². The maximum atomic E-state index is 3.70. The average molecular weight is 259 g/mol. The zero-order chi connectivity index (χ0) is 14.3. The van der Waals surface area contributed by atoms with E-state index < -0.39 is 0 Å². The molecule has 1 fully saturated rings. The van der Waals surface area contributed by atoms with Crippen molar-refractivity contribution in [3.63, 3.8) is 0 Å². The molecule has 1 N–H and O–H groups in total. The van der Waals surface area contributed by atoms with Crippen LogP contribution in [0.3, 0.4) is 0 Å². The molecule has 1 nitrogen and oxygen atoms in total. The van der Waals surface area contributed by atoms with Crippen LogP contribution in [0.5, 0.6) is 0 Å². The molecule has 1 aromatic carbocycles. The summed E-state index contributed by atoms with van der Waals surface area (Å²) in [5.41, 5.74) is 6.67. The maximum Gasteiger partial charge on any atom is 0.00967 e. The van der Waals surface area contributed by atoms with Crippen molar-refractivity contribution in [1.82, 2.24) is 5.32 Å². The number of hydrogen-bond acceptors (Lipinski definition) is 1. The highest BCUT2D eigenvalue weighted by molar-refractivity contribution is 5.38. The predicted octanol–water partition coefficient (Wildman–Crippen LogP) is 4.32. The molecule has 1 aliphatic carbocycles. The third-order valence-corrected chi connectivity index (χ3v) is 4.34. The van der Waals surface area contributed by atoms with Crippen LogP contribution in [0.25, 0.3) is 0 Å². The topological polar surface area (TPSA) is 12.0 Å². The summed E-state index contributed by atoms with van der Waals surface area (Å²) in [5.74, 6) is 0. The summed E-state index contributed by atoms with van der Waals surface area (Å²) < 4.78 is 0. The lowest BCUT2D eigenvalue weighted by Crippen LogP contribution is -2.40. The maximum absolute atomic E-state index is 3.70. The van der Waals surface area contributed by atoms with Crippen molar-refractivity contribution in [3.8, 4) is 0 Å². The van der Waals surface area contributed by atoms with E-state index in [0.717, 1.165) is 6.54 Å². The van der Waals surface area contributed by atoms with Crippen LogP contribution >= 0.6 is 0 Å². The van der Waals surface area contributed by atoms with Gasteiger partial charge in [0.1, 0.15) is 0 Å². The highest BCUT2D eigenvalue weighted by atomic mass is 15.0. The highest BCUT2D eigenvalue weighted by Gasteiger charge is 2.43. The van der Waals surface area contributed by atoms with E-state index in [2.05, 4.69) is 59.0 Å². The molecule has 19 heavy (non-hydrogen) atoms. The van der Waals surface area contributed by atoms with Crippen LogP contribution in [0.4, 0.5) is 0 Å². The van der Waals surface area contributed by atoms with E-state index in [1.165, 1.54) is 36.0 Å². The van der Waals surface area contributed by atoms with Crippen molar-refractivity contribution in [2.75, 3.05) is 6.54 Å². The summed E-state index contributed by atoms with van der Waals surface area (Å²) in [6, 6.07) is 4.66. The van der Waals surface area contributed by atoms with E-state index in [4.69, 9.17) is 0 Å². The Kier molecular flexibility index (Phi) is 3.79. The van der Waals surface area contributed by atoms with Gasteiger partial charge in [0.2, 0.25) is 0 Å². The molecule has 0 atom stereocenters. The summed E-state index contributed by atoms with van der Waals surface area (Å²) in [6.07, 6.45) is 4.00. The van der Waals surface area contributed by atoms with Crippen LogP contribution in [0.15, 0.2) is 12.1 Å². The van der Waals surface area contributed by atoms with Crippen LogP contribution in [-0.4, -0.2) is 12.1 Å². The highest BCUT2D eigenvalue weighted by Crippen LogP contribution is 2.48. The summed E-state index contributed by atoms with van der Waals surface area (Å²) in [7, 11) is 0. The van der Waals surface area contributed by atoms with E-state index in [9.17, 15) is 0 Å². The Morgan fingerprint density at radius 2 is 1.58 bits per heavy atom. The van der Waals surface area contributed by atoms with E-state index in [1.54, 1.807) is 5.56 Å². The lowest BCUT2D eigenvalue weighted by atomic mass is 9.89. The molecule has 0 spiro atoms. The minimum Gasteiger partial charge on any atom is -0.312 e. The van der Waals surface area contributed by atoms with Gasteiger partial charge in [0.25, 0.3) is 0 Å². The van der Waals surface area contributed by atoms with Crippen LogP contribution in [0.1, 0.15) is 55.9 Å². The Balaban J connectivity index is 2.09. The molecule has 0 radical (unpaired) electrons. The molecule has 1 heteroatoms. The van der Waals surface area contributed by atoms with Gasteiger partial charge in [-0.15, -0.1) is 0 Å². The number of benzene rings is 1. The van der Waals surface area contributed by atoms with Gasteiger partial charge in [-0.3, -0.25) is 0 Å². The minimum absolute atomic E-state index is 0.229. The molecule has 0 heterocycles. The van der Waals surface area contributed by atoms with E-state index >= 15 is 0 Å². The molecule has 1 aliphatic rings. The minimum atomic E-state index is 0.229. The van der Waals surface area contributed by atoms with Crippen molar-refractivity contribution >= 4 is 0 Å². The monoisotopic (exact) mass is 259 g/mol. The molecule has 0 aromatic heterocycles. The fourth-order valence-corrected chi connectivity index (χ4v) is 2.91. The second-order valence-corrected chi connectivity index (χ2v) is 7.66. The predicted molar refractivity (Wildman–Crippen MR) is 83.8 cm³/mol. The Bertz CT molecular complexity index is 438. The first kappa shape index (κ1) is 14.6. The summed E-state index contributed by atoms with van der Waals surface area (Å²) in [4.78, 5) is 0. The van der Waals surface area contributed by atoms with Gasteiger partial charge in [-0.1, -0.05) is 17.7 Å². The van der Waals surface area contributed by atoms with Crippen molar-refractivity contribution in [2.24, 2.45) is 5.41 Å². The van der Waals surface area contributed by atoms with Gasteiger partial charge in [-0.05, 0) is 82.9 Å². The van der Waals surface area contributed by atoms with Crippen LogP contribution in [0, 0.1) is 26.2 Å². The molecule has 1 saturated carbocycles. The summed E-state index contributed by atoms with van der Waals surface area (Å²) >= 11 is 0. The third-order valence-electron chi connectivity index (χ3n) is 4.34. The fraction of sp³-hybridized carbons (Fsp3) is 0.667. The first-order valence-corrected chi connectivity index (χ1v) is 7.53. The molecule has 0 aliphatic heterocycles. The second kappa shape index (κ2) is 4.94. The SMILES string of the molecule is Cc1cc(C)c(CC2(CNC(C)(C)C)CC2)c(C)c1. The smallest absolute Gasteiger partial charge is 0.00967 e. The quantitative estimate of drug-likeness (QED) is 0.849. The zero-order valence-electron chi connectivity index (χ0n) is 13.5. The molecular weight excluding hydrogens is 230 g/mol. The van der Waals surface area contributed by atoms with Gasteiger partial charge in [0, 0.05) is 12.1 Å². The molecule has 0 amide bonds. The van der Waals surface area contributed by atoms with Crippen LogP contribution in [0.2, 0.25) is 0 Å². The Hall–Kier alpha value is -0.820. The molecule has 1 aromatic rings. The lowest BCUT2D eigenvalue weighted by Gasteiger charge is -2.26. The van der Waals surface area contributed by atoms with Crippen molar-refractivity contribution in [3.05, 3.63) is 34.4 Å². The zero-order valence-corrected chi connectivity index (χ0v) is 13.5. The Labute approximate surface area is 118 Å². The Morgan fingerprint density at radius 1 is 1.05 bits per heavy atom. The van der Waals surface area contributed by atoms with Gasteiger partial charge in [0.15, 0.2) is 0 Å². The standard InChI is InChI=1S/C18H29N/c1-13-9-14(2)16(15(3)10-13)11-18(7-8-18)12-19-17(4,5)6/h9-10,19H,7-8,11-12H2,1-6H3. The number of aryl methyl sites for hydroxylation is 3. The fourth-order valence-electron chi connectivity index (χ4n) is 2.91. The van der Waals surface area contributed by atoms with E-state index in [1.807, 2.05) is 0 Å². The first-order chi connectivity index (χ1) is 8.71. The Morgan fingerprint density at radius 3 is 2.00 bits per heavy atom. The van der Waals surface area contributed by atoms with E-state index in [-0.39, 0.29) is 5.54 Å². The van der Waals surface area contributed by atoms with Crippen LogP contribution < -0.4 is 5.32 Å². The molecule has 2 rings (SSSR count). The number of hydrogen-bond donors (Lipinski definition) is 1. The number of rotatable bonds is 4. The molecule has 0 saturated heterocycles.